The summed E-state index contributed by atoms with van der Waals surface area (Å²) in [7, 11) is 0. The van der Waals surface area contributed by atoms with E-state index >= 15 is 0 Å². The first-order valence-corrected chi connectivity index (χ1v) is 7.74. The summed E-state index contributed by atoms with van der Waals surface area (Å²) in [5.74, 6) is 2.23. The Morgan fingerprint density at radius 3 is 3.19 bits per heavy atom. The average molecular weight is 307 g/mol. The number of ether oxygens (including phenoxy) is 1. The van der Waals surface area contributed by atoms with Gasteiger partial charge in [0, 0.05) is 30.9 Å². The number of thioether (sulfide) groups is 1. The fraction of sp³-hybridized carbons (Fsp3) is 0.500. The van der Waals surface area contributed by atoms with Crippen molar-refractivity contribution in [2.75, 3.05) is 36.6 Å². The second-order valence-corrected chi connectivity index (χ2v) is 5.80. The van der Waals surface area contributed by atoms with E-state index in [1.54, 1.807) is 18.0 Å². The molecule has 9 heteroatoms. The van der Waals surface area contributed by atoms with Crippen molar-refractivity contribution in [3.63, 3.8) is 0 Å². The maximum atomic E-state index is 5.78. The number of rotatable bonds is 6. The molecule has 0 saturated carbocycles. The Bertz CT molecular complexity index is 571. The summed E-state index contributed by atoms with van der Waals surface area (Å²) in [6, 6.07) is 1.95. The first-order chi connectivity index (χ1) is 10.3. The van der Waals surface area contributed by atoms with Crippen molar-refractivity contribution in [1.82, 2.24) is 25.4 Å². The lowest BCUT2D eigenvalue weighted by molar-refractivity contribution is 0.193. The second-order valence-electron chi connectivity index (χ2n) is 4.68. The van der Waals surface area contributed by atoms with Crippen LogP contribution in [-0.2, 0) is 4.74 Å². The highest BCUT2D eigenvalue weighted by atomic mass is 32.2. The Balaban J connectivity index is 1.54. The van der Waals surface area contributed by atoms with Gasteiger partial charge >= 0.3 is 0 Å². The molecule has 0 unspecified atom stereocenters. The molecule has 2 aromatic heterocycles. The number of hydrogen-bond acceptors (Lipinski definition) is 8. The summed E-state index contributed by atoms with van der Waals surface area (Å²) < 4.78 is 5.39. The molecule has 3 heterocycles. The number of H-pyrrole nitrogens is 1. The van der Waals surface area contributed by atoms with Crippen LogP contribution in [0, 0.1) is 0 Å². The summed E-state index contributed by atoms with van der Waals surface area (Å²) in [6.07, 6.45) is 2.68. The van der Waals surface area contributed by atoms with E-state index < -0.39 is 0 Å². The van der Waals surface area contributed by atoms with E-state index in [9.17, 15) is 0 Å². The minimum absolute atomic E-state index is 0.297. The minimum Gasteiger partial charge on any atom is -0.381 e. The Morgan fingerprint density at radius 1 is 1.48 bits per heavy atom. The molecule has 0 aromatic carbocycles. The zero-order valence-corrected chi connectivity index (χ0v) is 12.3. The third-order valence-corrected chi connectivity index (χ3v) is 4.06. The van der Waals surface area contributed by atoms with Crippen LogP contribution >= 0.6 is 11.8 Å². The van der Waals surface area contributed by atoms with Crippen molar-refractivity contribution in [1.29, 1.82) is 0 Å². The van der Waals surface area contributed by atoms with Crippen LogP contribution in [0.25, 0.3) is 0 Å². The fourth-order valence-electron chi connectivity index (χ4n) is 2.15. The Kier molecular flexibility index (Phi) is 4.51. The molecule has 0 amide bonds. The number of nitrogens with one attached hydrogen (secondary N) is 2. The van der Waals surface area contributed by atoms with E-state index in [2.05, 4.69) is 30.7 Å². The van der Waals surface area contributed by atoms with Gasteiger partial charge in [-0.15, -0.1) is 16.9 Å². The molecule has 112 valence electrons. The molecule has 8 nitrogen and oxygen atoms in total. The van der Waals surface area contributed by atoms with Gasteiger partial charge in [-0.2, -0.15) is 15.3 Å². The standard InChI is InChI=1S/C12H17N7OS/c13-12-16-9(8-1-3-20-7-8)5-10(17-12)14-2-4-21-11-6-15-19-18-11/h5-6,8H,1-4,7H2,(H,15,18,19)(H3,13,14,16,17)/t8-/m0/s1. The molecule has 1 fully saturated rings. The predicted octanol–water partition coefficient (Wildman–Crippen LogP) is 0.885. The minimum atomic E-state index is 0.297. The quantitative estimate of drug-likeness (QED) is 0.532. The molecule has 1 saturated heterocycles. The molecule has 0 aliphatic carbocycles. The van der Waals surface area contributed by atoms with E-state index in [1.807, 2.05) is 6.07 Å². The van der Waals surface area contributed by atoms with Gasteiger partial charge in [-0.05, 0) is 6.42 Å². The lowest BCUT2D eigenvalue weighted by Gasteiger charge is -2.11. The molecule has 1 aliphatic heterocycles. The highest BCUT2D eigenvalue weighted by Crippen LogP contribution is 2.25. The summed E-state index contributed by atoms with van der Waals surface area (Å²) in [6.45, 7) is 2.25. The second kappa shape index (κ2) is 6.72. The molecule has 3 rings (SSSR count). The zero-order valence-electron chi connectivity index (χ0n) is 11.5. The van der Waals surface area contributed by atoms with Gasteiger partial charge in [0.1, 0.15) is 10.8 Å². The SMILES string of the molecule is Nc1nc(NCCSc2cn[nH]n2)cc([C@H]2CCOC2)n1. The topological polar surface area (TPSA) is 115 Å². The van der Waals surface area contributed by atoms with Crippen molar-refractivity contribution in [2.24, 2.45) is 0 Å². The van der Waals surface area contributed by atoms with E-state index in [-0.39, 0.29) is 0 Å². The number of nitrogen functional groups attached to an aromatic ring is 1. The van der Waals surface area contributed by atoms with Crippen molar-refractivity contribution >= 4 is 23.5 Å². The van der Waals surface area contributed by atoms with E-state index in [0.717, 1.165) is 41.9 Å². The van der Waals surface area contributed by atoms with Gasteiger partial charge in [-0.25, -0.2) is 4.98 Å². The van der Waals surface area contributed by atoms with Gasteiger partial charge < -0.3 is 15.8 Å². The Hall–Kier alpha value is -1.87. The van der Waals surface area contributed by atoms with Gasteiger partial charge in [-0.1, -0.05) is 0 Å². The van der Waals surface area contributed by atoms with Crippen LogP contribution in [0.1, 0.15) is 18.0 Å². The summed E-state index contributed by atoms with van der Waals surface area (Å²) in [5.41, 5.74) is 6.73. The average Bonchev–Trinajstić information content (AvgIpc) is 3.16. The predicted molar refractivity (Wildman–Crippen MR) is 80.2 cm³/mol. The Morgan fingerprint density at radius 2 is 2.43 bits per heavy atom. The Labute approximate surface area is 126 Å². The third-order valence-electron chi connectivity index (χ3n) is 3.16. The molecule has 0 spiro atoms. The molecule has 4 N–H and O–H groups in total. The number of anilines is 2. The molecular formula is C12H17N7OS. The van der Waals surface area contributed by atoms with Crippen LogP contribution in [0.15, 0.2) is 17.3 Å². The van der Waals surface area contributed by atoms with E-state index in [0.29, 0.717) is 18.5 Å². The number of aromatic amines is 1. The van der Waals surface area contributed by atoms with Crippen LogP contribution in [-0.4, -0.2) is 50.9 Å². The van der Waals surface area contributed by atoms with Crippen molar-refractivity contribution in [2.45, 2.75) is 17.4 Å². The first kappa shape index (κ1) is 14.1. The highest BCUT2D eigenvalue weighted by Gasteiger charge is 2.20. The summed E-state index contributed by atoms with van der Waals surface area (Å²) in [5, 5.41) is 14.5. The highest BCUT2D eigenvalue weighted by molar-refractivity contribution is 7.99. The van der Waals surface area contributed by atoms with Gasteiger partial charge in [-0.3, -0.25) is 0 Å². The monoisotopic (exact) mass is 307 g/mol. The van der Waals surface area contributed by atoms with E-state index in [1.165, 1.54) is 0 Å². The number of hydrogen-bond donors (Lipinski definition) is 3. The zero-order chi connectivity index (χ0) is 14.5. The molecule has 2 aromatic rings. The normalized spacial score (nSPS) is 18.0. The first-order valence-electron chi connectivity index (χ1n) is 6.76. The van der Waals surface area contributed by atoms with E-state index in [4.69, 9.17) is 10.5 Å². The number of nitrogens with zero attached hydrogens (tertiary/aromatic N) is 4. The van der Waals surface area contributed by atoms with Crippen LogP contribution in [0.4, 0.5) is 11.8 Å². The number of aromatic nitrogens is 5. The van der Waals surface area contributed by atoms with Crippen molar-refractivity contribution in [3.05, 3.63) is 18.0 Å². The fourth-order valence-corrected chi connectivity index (χ4v) is 2.79. The maximum absolute atomic E-state index is 5.78. The van der Waals surface area contributed by atoms with Gasteiger partial charge in [0.15, 0.2) is 0 Å². The van der Waals surface area contributed by atoms with Gasteiger partial charge in [0.2, 0.25) is 5.95 Å². The van der Waals surface area contributed by atoms with Crippen LogP contribution in [0.2, 0.25) is 0 Å². The smallest absolute Gasteiger partial charge is 0.222 e. The van der Waals surface area contributed by atoms with Crippen LogP contribution < -0.4 is 11.1 Å². The summed E-state index contributed by atoms with van der Waals surface area (Å²) in [4.78, 5) is 8.51. The van der Waals surface area contributed by atoms with Crippen LogP contribution in [0.5, 0.6) is 0 Å². The van der Waals surface area contributed by atoms with Gasteiger partial charge in [0.25, 0.3) is 0 Å². The number of nitrogens with two attached hydrogens (primary N) is 1. The van der Waals surface area contributed by atoms with Crippen LogP contribution in [0.3, 0.4) is 0 Å². The molecule has 0 bridgehead atoms. The van der Waals surface area contributed by atoms with Crippen molar-refractivity contribution in [3.8, 4) is 0 Å². The molecular weight excluding hydrogens is 290 g/mol. The summed E-state index contributed by atoms with van der Waals surface area (Å²) >= 11 is 1.62. The third kappa shape index (κ3) is 3.82. The van der Waals surface area contributed by atoms with Gasteiger partial charge in [0.05, 0.1) is 18.5 Å². The maximum Gasteiger partial charge on any atom is 0.222 e. The largest absolute Gasteiger partial charge is 0.381 e. The lowest BCUT2D eigenvalue weighted by atomic mass is 10.0. The molecule has 0 radical (unpaired) electrons. The lowest BCUT2D eigenvalue weighted by Crippen LogP contribution is -2.11. The molecule has 1 aliphatic rings. The molecule has 1 atom stereocenters. The molecule has 21 heavy (non-hydrogen) atoms. The van der Waals surface area contributed by atoms with Crippen molar-refractivity contribution < 1.29 is 4.74 Å².